The van der Waals surface area contributed by atoms with E-state index in [-0.39, 0.29) is 11.7 Å². The van der Waals surface area contributed by atoms with Gasteiger partial charge < -0.3 is 14.6 Å². The van der Waals surface area contributed by atoms with E-state index in [4.69, 9.17) is 4.74 Å². The summed E-state index contributed by atoms with van der Waals surface area (Å²) in [6.07, 6.45) is 4.18. The van der Waals surface area contributed by atoms with Crippen LogP contribution in [0.2, 0.25) is 0 Å². The third-order valence-corrected chi connectivity index (χ3v) is 7.87. The number of amides is 1. The van der Waals surface area contributed by atoms with E-state index in [0.717, 1.165) is 37.0 Å². The van der Waals surface area contributed by atoms with Crippen LogP contribution >= 0.6 is 23.1 Å². The summed E-state index contributed by atoms with van der Waals surface area (Å²) in [7, 11) is 1.86. The van der Waals surface area contributed by atoms with E-state index in [1.54, 1.807) is 11.3 Å². The highest BCUT2D eigenvalue weighted by Crippen LogP contribution is 2.40. The number of thioether (sulfide) groups is 1. The largest absolute Gasteiger partial charge is 0.486 e. The minimum atomic E-state index is -0.151. The number of nitrogens with zero attached hydrogens (tertiary/aromatic N) is 4. The van der Waals surface area contributed by atoms with E-state index in [1.807, 2.05) is 41.9 Å². The summed E-state index contributed by atoms with van der Waals surface area (Å²) < 4.78 is 7.56. The van der Waals surface area contributed by atoms with Crippen LogP contribution in [0.3, 0.4) is 0 Å². The number of aromatic nitrogens is 3. The van der Waals surface area contributed by atoms with Crippen molar-refractivity contribution in [1.82, 2.24) is 14.8 Å². The SMILES string of the molecule is CCC1CCc2c(sc(NC(=O)CSc3nnc(COc4ccccc4)n3C)c2C#N)C1. The predicted octanol–water partition coefficient (Wildman–Crippen LogP) is 4.57. The number of carbonyl (C=O) groups is 1. The molecule has 0 aliphatic heterocycles. The van der Waals surface area contributed by atoms with Crippen molar-refractivity contribution in [3.8, 4) is 11.8 Å². The van der Waals surface area contributed by atoms with Gasteiger partial charge in [0.2, 0.25) is 5.91 Å². The zero-order chi connectivity index (χ0) is 22.5. The molecule has 1 amide bonds. The molecule has 0 radical (unpaired) electrons. The highest BCUT2D eigenvalue weighted by molar-refractivity contribution is 7.99. The third kappa shape index (κ3) is 4.97. The molecule has 0 bridgehead atoms. The molecule has 7 nitrogen and oxygen atoms in total. The zero-order valence-electron chi connectivity index (χ0n) is 18.1. The molecule has 0 spiro atoms. The number of nitrogens with one attached hydrogen (secondary N) is 1. The van der Waals surface area contributed by atoms with E-state index in [2.05, 4.69) is 28.5 Å². The zero-order valence-corrected chi connectivity index (χ0v) is 19.8. The van der Waals surface area contributed by atoms with Gasteiger partial charge in [0.05, 0.1) is 11.3 Å². The first-order valence-corrected chi connectivity index (χ1v) is 12.4. The fourth-order valence-electron chi connectivity index (χ4n) is 3.76. The molecule has 1 aromatic carbocycles. The number of thiophene rings is 1. The van der Waals surface area contributed by atoms with E-state index in [9.17, 15) is 10.1 Å². The van der Waals surface area contributed by atoms with Crippen LogP contribution in [0.5, 0.6) is 5.75 Å². The lowest BCUT2D eigenvalue weighted by Crippen LogP contribution is -2.15. The lowest BCUT2D eigenvalue weighted by molar-refractivity contribution is -0.113. The van der Waals surface area contributed by atoms with Crippen molar-refractivity contribution in [2.45, 2.75) is 44.4 Å². The minimum absolute atomic E-state index is 0.151. The van der Waals surface area contributed by atoms with Crippen molar-refractivity contribution in [3.63, 3.8) is 0 Å². The number of ether oxygens (including phenoxy) is 1. The van der Waals surface area contributed by atoms with Gasteiger partial charge in [-0.1, -0.05) is 43.3 Å². The molecule has 32 heavy (non-hydrogen) atoms. The van der Waals surface area contributed by atoms with Gasteiger partial charge in [0.1, 0.15) is 23.4 Å². The fraction of sp³-hybridized carbons (Fsp3) is 0.391. The summed E-state index contributed by atoms with van der Waals surface area (Å²) in [5, 5.41) is 22.3. The van der Waals surface area contributed by atoms with Gasteiger partial charge in [-0.05, 0) is 42.9 Å². The van der Waals surface area contributed by atoms with Gasteiger partial charge in [-0.3, -0.25) is 4.79 Å². The molecule has 1 aliphatic rings. The Hall–Kier alpha value is -2.83. The topological polar surface area (TPSA) is 92.8 Å². The van der Waals surface area contributed by atoms with Gasteiger partial charge in [0, 0.05) is 11.9 Å². The van der Waals surface area contributed by atoms with Crippen LogP contribution in [-0.4, -0.2) is 26.4 Å². The first-order valence-electron chi connectivity index (χ1n) is 10.6. The standard InChI is InChI=1S/C23H25N5O2S2/c1-3-15-9-10-17-18(12-24)22(32-19(17)11-15)25-21(29)14-31-23-27-26-20(28(23)2)13-30-16-7-5-4-6-8-16/h4-8,15H,3,9-11,13-14H2,1-2H3,(H,25,29). The average molecular weight is 468 g/mol. The molecule has 166 valence electrons. The highest BCUT2D eigenvalue weighted by Gasteiger charge is 2.25. The van der Waals surface area contributed by atoms with Gasteiger partial charge in [-0.25, -0.2) is 0 Å². The van der Waals surface area contributed by atoms with Crippen molar-refractivity contribution in [2.75, 3.05) is 11.1 Å². The molecular weight excluding hydrogens is 442 g/mol. The summed E-state index contributed by atoms with van der Waals surface area (Å²) in [6.45, 7) is 2.51. The normalized spacial score (nSPS) is 15.1. The molecule has 0 fully saturated rings. The van der Waals surface area contributed by atoms with E-state index < -0.39 is 0 Å². The van der Waals surface area contributed by atoms with E-state index >= 15 is 0 Å². The van der Waals surface area contributed by atoms with Gasteiger partial charge >= 0.3 is 0 Å². The number of rotatable bonds is 8. The minimum Gasteiger partial charge on any atom is -0.486 e. The van der Waals surface area contributed by atoms with Gasteiger partial charge in [-0.2, -0.15) is 5.26 Å². The summed E-state index contributed by atoms with van der Waals surface area (Å²) in [6, 6.07) is 11.8. The van der Waals surface area contributed by atoms with E-state index in [1.165, 1.54) is 16.6 Å². The predicted molar refractivity (Wildman–Crippen MR) is 126 cm³/mol. The number of carbonyl (C=O) groups excluding carboxylic acids is 1. The first kappa shape index (κ1) is 22.4. The Balaban J connectivity index is 1.34. The number of hydrogen-bond acceptors (Lipinski definition) is 7. The van der Waals surface area contributed by atoms with Crippen molar-refractivity contribution in [2.24, 2.45) is 13.0 Å². The molecule has 0 saturated heterocycles. The Morgan fingerprint density at radius 1 is 1.38 bits per heavy atom. The number of fused-ring (bicyclic) bond motifs is 1. The van der Waals surface area contributed by atoms with Crippen LogP contribution < -0.4 is 10.1 Å². The Morgan fingerprint density at radius 2 is 2.19 bits per heavy atom. The third-order valence-electron chi connectivity index (χ3n) is 5.68. The second kappa shape index (κ2) is 10.2. The first-order chi connectivity index (χ1) is 15.6. The van der Waals surface area contributed by atoms with Crippen LogP contribution in [0.4, 0.5) is 5.00 Å². The maximum absolute atomic E-state index is 12.6. The molecule has 3 aromatic rings. The average Bonchev–Trinajstić information content (AvgIpc) is 3.35. The molecule has 2 heterocycles. The van der Waals surface area contributed by atoms with E-state index in [0.29, 0.717) is 34.1 Å². The van der Waals surface area contributed by atoms with Gasteiger partial charge in [0.25, 0.3) is 0 Å². The Kier molecular flexibility index (Phi) is 7.12. The molecule has 1 aliphatic carbocycles. The Bertz CT molecular complexity index is 1130. The number of anilines is 1. The number of hydrogen-bond donors (Lipinski definition) is 1. The van der Waals surface area contributed by atoms with Crippen LogP contribution in [0, 0.1) is 17.2 Å². The Labute approximate surface area is 195 Å². The van der Waals surface area contributed by atoms with Crippen LogP contribution in [0.25, 0.3) is 0 Å². The van der Waals surface area contributed by atoms with Gasteiger partial charge in [0.15, 0.2) is 11.0 Å². The van der Waals surface area contributed by atoms with Crippen molar-refractivity contribution >= 4 is 34.0 Å². The number of para-hydroxylation sites is 1. The van der Waals surface area contributed by atoms with Crippen LogP contribution in [0.1, 0.15) is 41.6 Å². The second-order valence-corrected chi connectivity index (χ2v) is 9.78. The molecule has 1 unspecified atom stereocenters. The second-order valence-electron chi connectivity index (χ2n) is 7.73. The summed E-state index contributed by atoms with van der Waals surface area (Å²) in [5.41, 5.74) is 1.76. The maximum Gasteiger partial charge on any atom is 0.235 e. The molecule has 0 saturated carbocycles. The van der Waals surface area contributed by atoms with Crippen LogP contribution in [0.15, 0.2) is 35.5 Å². The summed E-state index contributed by atoms with van der Waals surface area (Å²) in [5.74, 6) is 2.16. The molecular formula is C23H25N5O2S2. The molecule has 1 N–H and O–H groups in total. The van der Waals surface area contributed by atoms with Crippen molar-refractivity contribution in [1.29, 1.82) is 5.26 Å². The monoisotopic (exact) mass is 467 g/mol. The number of nitriles is 1. The lowest BCUT2D eigenvalue weighted by Gasteiger charge is -2.20. The summed E-state index contributed by atoms with van der Waals surface area (Å²) >= 11 is 2.87. The van der Waals surface area contributed by atoms with Crippen molar-refractivity contribution in [3.05, 3.63) is 52.2 Å². The van der Waals surface area contributed by atoms with Gasteiger partial charge in [-0.15, -0.1) is 21.5 Å². The molecule has 1 atom stereocenters. The quantitative estimate of drug-likeness (QED) is 0.488. The molecule has 9 heteroatoms. The van der Waals surface area contributed by atoms with Crippen LogP contribution in [-0.2, 0) is 31.3 Å². The smallest absolute Gasteiger partial charge is 0.235 e. The van der Waals surface area contributed by atoms with Crippen molar-refractivity contribution < 1.29 is 9.53 Å². The molecule has 4 rings (SSSR count). The molecule has 2 aromatic heterocycles. The lowest BCUT2D eigenvalue weighted by atomic mass is 9.86. The highest BCUT2D eigenvalue weighted by atomic mass is 32.2. The summed E-state index contributed by atoms with van der Waals surface area (Å²) in [4.78, 5) is 13.8. The fourth-order valence-corrected chi connectivity index (χ4v) is 5.82. The maximum atomic E-state index is 12.6. The number of benzene rings is 1. The Morgan fingerprint density at radius 3 is 2.94 bits per heavy atom.